The van der Waals surface area contributed by atoms with Crippen LogP contribution in [0.25, 0.3) is 0 Å². The Hall–Kier alpha value is -0.610. The lowest BCUT2D eigenvalue weighted by Crippen LogP contribution is -2.45. The predicted molar refractivity (Wildman–Crippen MR) is 336 cm³/mol. The summed E-state index contributed by atoms with van der Waals surface area (Å²) in [7, 11) is 0. The van der Waals surface area contributed by atoms with Gasteiger partial charge in [0.2, 0.25) is 5.91 Å². The number of rotatable bonds is 68. The van der Waals surface area contributed by atoms with Gasteiger partial charge >= 0.3 is 0 Å². The van der Waals surface area contributed by atoms with Gasteiger partial charge in [-0.3, -0.25) is 4.79 Å². The Labute approximate surface area is 474 Å². The number of carbonyl (C=O) groups excluding carboxylic acids is 1. The largest absolute Gasteiger partial charge is 0.394 e. The zero-order valence-corrected chi connectivity index (χ0v) is 52.1. The summed E-state index contributed by atoms with van der Waals surface area (Å²) in [6.45, 7) is 4.42. The number of hydrogen-bond acceptors (Lipinski definition) is 3. The van der Waals surface area contributed by atoms with E-state index in [1.54, 1.807) is 0 Å². The van der Waals surface area contributed by atoms with Crippen molar-refractivity contribution in [3.05, 3.63) is 0 Å². The van der Waals surface area contributed by atoms with Gasteiger partial charge in [0.05, 0.1) is 18.8 Å². The van der Waals surface area contributed by atoms with Crippen LogP contribution in [-0.4, -0.2) is 34.9 Å². The Bertz CT molecular complexity index is 1020. The van der Waals surface area contributed by atoms with Gasteiger partial charge in [-0.25, -0.2) is 0 Å². The fourth-order valence-electron chi connectivity index (χ4n) is 12.0. The third-order valence-electron chi connectivity index (χ3n) is 17.4. The first-order valence-electron chi connectivity index (χ1n) is 35.7. The average molecular weight is 1060 g/mol. The van der Waals surface area contributed by atoms with E-state index in [2.05, 4.69) is 19.2 Å². The van der Waals surface area contributed by atoms with Crippen LogP contribution in [0.4, 0.5) is 0 Å². The second-order valence-electron chi connectivity index (χ2n) is 25.0. The van der Waals surface area contributed by atoms with Gasteiger partial charge in [-0.15, -0.1) is 0 Å². The molecule has 0 aromatic rings. The van der Waals surface area contributed by atoms with Crippen LogP contribution in [0, 0.1) is 0 Å². The Morgan fingerprint density at radius 3 is 0.600 bits per heavy atom. The molecule has 4 nitrogen and oxygen atoms in total. The van der Waals surface area contributed by atoms with Crippen molar-refractivity contribution in [2.24, 2.45) is 0 Å². The minimum absolute atomic E-state index is 0.0189. The van der Waals surface area contributed by atoms with Crippen molar-refractivity contribution >= 4 is 5.91 Å². The van der Waals surface area contributed by atoms with Crippen LogP contribution >= 0.6 is 0 Å². The molecule has 0 radical (unpaired) electrons. The number of carbonyl (C=O) groups is 1. The summed E-state index contributed by atoms with van der Waals surface area (Å²) >= 11 is 0. The first-order chi connectivity index (χ1) is 37.2. The van der Waals surface area contributed by atoms with E-state index >= 15 is 0 Å². The Morgan fingerprint density at radius 1 is 0.267 bits per heavy atom. The first-order valence-corrected chi connectivity index (χ1v) is 35.7. The number of unbranched alkanes of at least 4 members (excludes halogenated alkanes) is 61. The minimum atomic E-state index is -0.657. The minimum Gasteiger partial charge on any atom is -0.394 e. The lowest BCUT2D eigenvalue weighted by Gasteiger charge is -2.22. The van der Waals surface area contributed by atoms with E-state index in [-0.39, 0.29) is 12.5 Å². The number of aliphatic hydroxyl groups is 2. The summed E-state index contributed by atoms with van der Waals surface area (Å²) in [5.74, 6) is -0.0189. The zero-order valence-electron chi connectivity index (χ0n) is 52.1. The highest BCUT2D eigenvalue weighted by Crippen LogP contribution is 2.20. The first kappa shape index (κ1) is 74.4. The van der Waals surface area contributed by atoms with Crippen LogP contribution in [-0.2, 0) is 4.79 Å². The lowest BCUT2D eigenvalue weighted by molar-refractivity contribution is -0.123. The molecule has 0 aromatic heterocycles. The standard InChI is InChI=1S/C71H143NO3/c1-3-5-7-9-11-13-15-17-19-21-23-25-27-29-31-33-35-37-38-40-42-44-46-48-50-52-54-56-58-60-62-64-66-70(74)69(68-73)72-71(75)67-65-63-61-59-57-55-53-51-49-47-45-43-41-39-36-34-32-30-28-26-24-22-20-18-16-14-12-10-8-6-4-2/h69-70,73-74H,3-68H2,1-2H3,(H,72,75). The van der Waals surface area contributed by atoms with Crippen LogP contribution in [0.5, 0.6) is 0 Å². The molecule has 0 aliphatic rings. The second-order valence-corrected chi connectivity index (χ2v) is 25.0. The quantitative estimate of drug-likeness (QED) is 0.0532. The molecule has 0 aromatic carbocycles. The van der Waals surface area contributed by atoms with Crippen molar-refractivity contribution < 1.29 is 15.0 Å². The van der Waals surface area contributed by atoms with E-state index in [9.17, 15) is 15.0 Å². The van der Waals surface area contributed by atoms with Gasteiger partial charge in [0, 0.05) is 6.42 Å². The highest BCUT2D eigenvalue weighted by atomic mass is 16.3. The molecule has 0 bridgehead atoms. The van der Waals surface area contributed by atoms with Crippen LogP contribution in [0.1, 0.15) is 431 Å². The van der Waals surface area contributed by atoms with E-state index in [4.69, 9.17) is 0 Å². The molecular weight excluding hydrogens is 915 g/mol. The van der Waals surface area contributed by atoms with Crippen LogP contribution in [0.3, 0.4) is 0 Å². The number of aliphatic hydroxyl groups excluding tert-OH is 2. The molecular formula is C71H143NO3. The summed E-state index contributed by atoms with van der Waals surface area (Å²) in [4.78, 5) is 12.6. The smallest absolute Gasteiger partial charge is 0.220 e. The summed E-state index contributed by atoms with van der Waals surface area (Å²) in [6, 6.07) is -0.533. The van der Waals surface area contributed by atoms with E-state index < -0.39 is 12.1 Å². The topological polar surface area (TPSA) is 69.6 Å². The van der Waals surface area contributed by atoms with Gasteiger partial charge in [0.15, 0.2) is 0 Å². The van der Waals surface area contributed by atoms with E-state index in [0.29, 0.717) is 12.8 Å². The van der Waals surface area contributed by atoms with E-state index in [0.717, 1.165) is 25.7 Å². The fraction of sp³-hybridized carbons (Fsp3) is 0.986. The number of nitrogens with one attached hydrogen (secondary N) is 1. The molecule has 0 saturated carbocycles. The normalized spacial score (nSPS) is 12.5. The van der Waals surface area contributed by atoms with Gasteiger partial charge in [-0.05, 0) is 12.8 Å². The summed E-state index contributed by atoms with van der Waals surface area (Å²) in [6.07, 6.45) is 88.9. The maximum atomic E-state index is 12.6. The molecule has 0 spiro atoms. The number of hydrogen-bond donors (Lipinski definition) is 3. The summed E-state index contributed by atoms with van der Waals surface area (Å²) in [5.41, 5.74) is 0. The molecule has 450 valence electrons. The van der Waals surface area contributed by atoms with Gasteiger partial charge < -0.3 is 15.5 Å². The maximum Gasteiger partial charge on any atom is 0.220 e. The zero-order chi connectivity index (χ0) is 54.1. The Morgan fingerprint density at radius 2 is 0.427 bits per heavy atom. The molecule has 2 atom stereocenters. The van der Waals surface area contributed by atoms with Gasteiger partial charge in [-0.1, -0.05) is 412 Å². The maximum absolute atomic E-state index is 12.6. The monoisotopic (exact) mass is 1060 g/mol. The van der Waals surface area contributed by atoms with E-state index in [1.807, 2.05) is 0 Å². The molecule has 0 aliphatic carbocycles. The highest BCUT2D eigenvalue weighted by Gasteiger charge is 2.20. The van der Waals surface area contributed by atoms with Crippen molar-refractivity contribution in [2.75, 3.05) is 6.61 Å². The third kappa shape index (κ3) is 64.1. The lowest BCUT2D eigenvalue weighted by atomic mass is 10.0. The second kappa shape index (κ2) is 67.7. The molecule has 0 aliphatic heterocycles. The molecule has 0 fully saturated rings. The molecule has 0 rings (SSSR count). The molecule has 75 heavy (non-hydrogen) atoms. The summed E-state index contributed by atoms with van der Waals surface area (Å²) in [5, 5.41) is 23.5. The van der Waals surface area contributed by atoms with Crippen molar-refractivity contribution in [1.82, 2.24) is 5.32 Å². The van der Waals surface area contributed by atoms with Gasteiger partial charge in [0.25, 0.3) is 0 Å². The summed E-state index contributed by atoms with van der Waals surface area (Å²) < 4.78 is 0. The van der Waals surface area contributed by atoms with Crippen molar-refractivity contribution in [1.29, 1.82) is 0 Å². The predicted octanol–water partition coefficient (Wildman–Crippen LogP) is 24.2. The van der Waals surface area contributed by atoms with Crippen molar-refractivity contribution in [3.63, 3.8) is 0 Å². The molecule has 2 unspecified atom stereocenters. The van der Waals surface area contributed by atoms with Crippen LogP contribution < -0.4 is 5.32 Å². The molecule has 4 heteroatoms. The van der Waals surface area contributed by atoms with Gasteiger partial charge in [0.1, 0.15) is 0 Å². The van der Waals surface area contributed by atoms with Crippen molar-refractivity contribution in [2.45, 2.75) is 443 Å². The molecule has 0 saturated heterocycles. The average Bonchev–Trinajstić information content (AvgIpc) is 3.41. The molecule has 0 heterocycles. The van der Waals surface area contributed by atoms with E-state index in [1.165, 1.54) is 379 Å². The highest BCUT2D eigenvalue weighted by molar-refractivity contribution is 5.76. The third-order valence-corrected chi connectivity index (χ3v) is 17.4. The molecule has 3 N–H and O–H groups in total. The van der Waals surface area contributed by atoms with Gasteiger partial charge in [-0.2, -0.15) is 0 Å². The Kier molecular flexibility index (Phi) is 67.1. The SMILES string of the molecule is CCCCCCCCCCCCCCCCCCCCCCCCCCCCCCCCCCC(O)C(CO)NC(=O)CCCCCCCCCCCCCCCCCCCCCCCCCCCCCCCCC. The van der Waals surface area contributed by atoms with Crippen LogP contribution in [0.2, 0.25) is 0 Å². The van der Waals surface area contributed by atoms with Crippen LogP contribution in [0.15, 0.2) is 0 Å². The molecule has 1 amide bonds. The number of amides is 1. The fourth-order valence-corrected chi connectivity index (χ4v) is 12.0. The van der Waals surface area contributed by atoms with Crippen molar-refractivity contribution in [3.8, 4) is 0 Å². The Balaban J connectivity index is 3.35.